The number of nitrogens with one attached hydrogen (secondary N) is 1. The van der Waals surface area contributed by atoms with Crippen LogP contribution in [0.3, 0.4) is 0 Å². The molecule has 1 atom stereocenters. The van der Waals surface area contributed by atoms with E-state index in [4.69, 9.17) is 4.74 Å². The molecule has 1 unspecified atom stereocenters. The van der Waals surface area contributed by atoms with E-state index in [1.165, 1.54) is 7.11 Å². The highest BCUT2D eigenvalue weighted by Gasteiger charge is 2.20. The van der Waals surface area contributed by atoms with Gasteiger partial charge in [-0.15, -0.1) is 0 Å². The van der Waals surface area contributed by atoms with Crippen LogP contribution in [0.25, 0.3) is 0 Å². The predicted molar refractivity (Wildman–Crippen MR) is 67.9 cm³/mol. The van der Waals surface area contributed by atoms with E-state index in [0.717, 1.165) is 12.0 Å². The van der Waals surface area contributed by atoms with E-state index >= 15 is 0 Å². The molecule has 0 aliphatic carbocycles. The van der Waals surface area contributed by atoms with Crippen LogP contribution in [0.1, 0.15) is 25.8 Å². The summed E-state index contributed by atoms with van der Waals surface area (Å²) in [5.41, 5.74) is 1.09. The van der Waals surface area contributed by atoms with Crippen molar-refractivity contribution in [3.63, 3.8) is 0 Å². The Labute approximate surface area is 102 Å². The van der Waals surface area contributed by atoms with Crippen molar-refractivity contribution in [3.05, 3.63) is 23.9 Å². The lowest BCUT2D eigenvalue weighted by Crippen LogP contribution is -2.32. The third-order valence-corrected chi connectivity index (χ3v) is 2.43. The lowest BCUT2D eigenvalue weighted by molar-refractivity contribution is -0.141. The molecule has 0 aliphatic heterocycles. The number of methoxy groups -OCH3 is 1. The van der Waals surface area contributed by atoms with Gasteiger partial charge in [0.1, 0.15) is 11.9 Å². The van der Waals surface area contributed by atoms with Gasteiger partial charge in [0.25, 0.3) is 0 Å². The second-order valence-corrected chi connectivity index (χ2v) is 4.57. The molecule has 0 saturated heterocycles. The third-order valence-electron chi connectivity index (χ3n) is 2.43. The van der Waals surface area contributed by atoms with Crippen LogP contribution in [0.15, 0.2) is 18.3 Å². The van der Waals surface area contributed by atoms with Crippen molar-refractivity contribution < 1.29 is 9.53 Å². The fourth-order valence-electron chi connectivity index (χ4n) is 1.56. The van der Waals surface area contributed by atoms with Crippen molar-refractivity contribution in [2.45, 2.75) is 33.2 Å². The Bertz CT molecular complexity index is 360. The maximum atomic E-state index is 11.6. The summed E-state index contributed by atoms with van der Waals surface area (Å²) in [7, 11) is 1.40. The largest absolute Gasteiger partial charge is 0.467 e. The fourth-order valence-corrected chi connectivity index (χ4v) is 1.56. The molecular weight excluding hydrogens is 216 g/mol. The van der Waals surface area contributed by atoms with E-state index in [2.05, 4.69) is 24.1 Å². The number of hydrogen-bond acceptors (Lipinski definition) is 4. The number of ether oxygens (including phenoxy) is 1. The van der Waals surface area contributed by atoms with Gasteiger partial charge in [-0.1, -0.05) is 19.9 Å². The van der Waals surface area contributed by atoms with Gasteiger partial charge in [0, 0.05) is 6.20 Å². The monoisotopic (exact) mass is 236 g/mol. The molecule has 0 bridgehead atoms. The fraction of sp³-hybridized carbons (Fsp3) is 0.538. The first-order chi connectivity index (χ1) is 8.02. The smallest absolute Gasteiger partial charge is 0.328 e. The lowest BCUT2D eigenvalue weighted by atomic mass is 10.0. The Morgan fingerprint density at radius 3 is 2.65 bits per heavy atom. The van der Waals surface area contributed by atoms with Crippen LogP contribution < -0.4 is 5.32 Å². The molecule has 1 aromatic heterocycles. The van der Waals surface area contributed by atoms with Gasteiger partial charge in [-0.2, -0.15) is 0 Å². The van der Waals surface area contributed by atoms with Gasteiger partial charge < -0.3 is 10.1 Å². The van der Waals surface area contributed by atoms with Crippen molar-refractivity contribution in [2.24, 2.45) is 5.92 Å². The maximum absolute atomic E-state index is 11.6. The Morgan fingerprint density at radius 2 is 2.18 bits per heavy atom. The molecule has 17 heavy (non-hydrogen) atoms. The standard InChI is InChI=1S/C13H20N2O2/c1-9(2)7-11(13(16)17-4)15-12-6-5-10(3)8-14-12/h5-6,8-9,11H,7H2,1-4H3,(H,14,15). The molecule has 0 aromatic carbocycles. The van der Waals surface area contributed by atoms with Gasteiger partial charge in [0.05, 0.1) is 7.11 Å². The molecule has 1 N–H and O–H groups in total. The second-order valence-electron chi connectivity index (χ2n) is 4.57. The summed E-state index contributed by atoms with van der Waals surface area (Å²) in [5.74, 6) is 0.866. The van der Waals surface area contributed by atoms with Crippen LogP contribution in [-0.2, 0) is 9.53 Å². The number of hydrogen-bond donors (Lipinski definition) is 1. The number of carbonyl (C=O) groups excluding carboxylic acids is 1. The van der Waals surface area contributed by atoms with Gasteiger partial charge in [-0.3, -0.25) is 0 Å². The highest BCUT2D eigenvalue weighted by atomic mass is 16.5. The Morgan fingerprint density at radius 1 is 1.47 bits per heavy atom. The quantitative estimate of drug-likeness (QED) is 0.797. The zero-order chi connectivity index (χ0) is 12.8. The molecule has 0 saturated carbocycles. The van der Waals surface area contributed by atoms with Gasteiger partial charge >= 0.3 is 5.97 Å². The van der Waals surface area contributed by atoms with Crippen LogP contribution in [0.5, 0.6) is 0 Å². The number of rotatable bonds is 5. The third kappa shape index (κ3) is 4.43. The number of esters is 1. The molecule has 0 fully saturated rings. The zero-order valence-corrected chi connectivity index (χ0v) is 10.9. The summed E-state index contributed by atoms with van der Waals surface area (Å²) in [6.45, 7) is 6.11. The first-order valence-corrected chi connectivity index (χ1v) is 5.80. The van der Waals surface area contributed by atoms with Crippen molar-refractivity contribution in [1.29, 1.82) is 0 Å². The Kier molecular flexibility index (Phi) is 4.94. The van der Waals surface area contributed by atoms with Crippen LogP contribution in [0, 0.1) is 12.8 Å². The Balaban J connectivity index is 2.71. The van der Waals surface area contributed by atoms with Crippen molar-refractivity contribution >= 4 is 11.8 Å². The molecule has 0 aliphatic rings. The number of aryl methyl sites for hydroxylation is 1. The molecule has 0 radical (unpaired) electrons. The molecule has 1 rings (SSSR count). The molecule has 0 amide bonds. The highest BCUT2D eigenvalue weighted by molar-refractivity contribution is 5.78. The number of aromatic nitrogens is 1. The summed E-state index contributed by atoms with van der Waals surface area (Å²) in [6, 6.07) is 3.49. The van der Waals surface area contributed by atoms with E-state index in [1.54, 1.807) is 6.20 Å². The van der Waals surface area contributed by atoms with Crippen LogP contribution in [-0.4, -0.2) is 24.1 Å². The first-order valence-electron chi connectivity index (χ1n) is 5.80. The SMILES string of the molecule is COC(=O)C(CC(C)C)Nc1ccc(C)cn1. The summed E-state index contributed by atoms with van der Waals surface area (Å²) >= 11 is 0. The average molecular weight is 236 g/mol. The Hall–Kier alpha value is -1.58. The summed E-state index contributed by atoms with van der Waals surface area (Å²) in [5, 5.41) is 3.10. The normalized spacial score (nSPS) is 12.3. The molecule has 1 heterocycles. The maximum Gasteiger partial charge on any atom is 0.328 e. The van der Waals surface area contributed by atoms with Gasteiger partial charge in [-0.25, -0.2) is 9.78 Å². The summed E-state index contributed by atoms with van der Waals surface area (Å²) in [6.07, 6.45) is 2.49. The number of pyridine rings is 1. The van der Waals surface area contributed by atoms with Crippen LogP contribution in [0.4, 0.5) is 5.82 Å². The number of carbonyl (C=O) groups is 1. The number of anilines is 1. The number of nitrogens with zero attached hydrogens (tertiary/aromatic N) is 1. The van der Waals surface area contributed by atoms with Gasteiger partial charge in [0.2, 0.25) is 0 Å². The van der Waals surface area contributed by atoms with Crippen molar-refractivity contribution in [3.8, 4) is 0 Å². The van der Waals surface area contributed by atoms with Gasteiger partial charge in [-0.05, 0) is 30.9 Å². The van der Waals surface area contributed by atoms with E-state index < -0.39 is 0 Å². The second kappa shape index (κ2) is 6.23. The molecule has 1 aromatic rings. The molecule has 94 valence electrons. The zero-order valence-electron chi connectivity index (χ0n) is 10.9. The van der Waals surface area contributed by atoms with Crippen LogP contribution >= 0.6 is 0 Å². The molecule has 4 heteroatoms. The average Bonchev–Trinajstić information content (AvgIpc) is 2.29. The lowest BCUT2D eigenvalue weighted by Gasteiger charge is -2.18. The predicted octanol–water partition coefficient (Wildman–Crippen LogP) is 2.39. The van der Waals surface area contributed by atoms with E-state index in [9.17, 15) is 4.79 Å². The van der Waals surface area contributed by atoms with Crippen LogP contribution in [0.2, 0.25) is 0 Å². The topological polar surface area (TPSA) is 51.2 Å². The highest BCUT2D eigenvalue weighted by Crippen LogP contribution is 2.12. The van der Waals surface area contributed by atoms with Crippen molar-refractivity contribution in [1.82, 2.24) is 4.98 Å². The summed E-state index contributed by atoms with van der Waals surface area (Å²) < 4.78 is 4.78. The van der Waals surface area contributed by atoms with E-state index in [1.807, 2.05) is 19.1 Å². The summed E-state index contributed by atoms with van der Waals surface area (Å²) in [4.78, 5) is 15.8. The van der Waals surface area contributed by atoms with E-state index in [-0.39, 0.29) is 12.0 Å². The molecule has 0 spiro atoms. The molecule has 4 nitrogen and oxygen atoms in total. The minimum absolute atomic E-state index is 0.249. The van der Waals surface area contributed by atoms with Gasteiger partial charge in [0.15, 0.2) is 0 Å². The first kappa shape index (κ1) is 13.5. The van der Waals surface area contributed by atoms with Crippen molar-refractivity contribution in [2.75, 3.05) is 12.4 Å². The van der Waals surface area contributed by atoms with E-state index in [0.29, 0.717) is 11.7 Å². The molecular formula is C13H20N2O2. The minimum atomic E-state index is -0.338. The minimum Gasteiger partial charge on any atom is -0.467 e.